The predicted molar refractivity (Wildman–Crippen MR) is 114 cm³/mol. The number of amides is 1. The van der Waals surface area contributed by atoms with Gasteiger partial charge in [-0.05, 0) is 36.2 Å². The number of methoxy groups -OCH3 is 2. The molecule has 11 heteroatoms. The second kappa shape index (κ2) is 11.6. The Labute approximate surface area is 187 Å². The summed E-state index contributed by atoms with van der Waals surface area (Å²) in [6.45, 7) is 0. The Kier molecular flexibility index (Phi) is 8.84. The van der Waals surface area contributed by atoms with Crippen LogP contribution < -0.4 is 14.8 Å². The number of hydrogen-bond acceptors (Lipinski definition) is 5. The Morgan fingerprint density at radius 2 is 1.76 bits per heavy atom. The van der Waals surface area contributed by atoms with Crippen molar-refractivity contribution in [2.24, 2.45) is 0 Å². The zero-order valence-corrected chi connectivity index (χ0v) is 17.8. The molecular formula is C22H22F3N3O5. The largest absolute Gasteiger partial charge is 0.497 e. The number of aromatic amines is 1. The molecule has 1 heterocycles. The lowest BCUT2D eigenvalue weighted by atomic mass is 10.1. The van der Waals surface area contributed by atoms with E-state index in [9.17, 15) is 18.0 Å². The summed E-state index contributed by atoms with van der Waals surface area (Å²) in [4.78, 5) is 21.1. The van der Waals surface area contributed by atoms with E-state index >= 15 is 0 Å². The topological polar surface area (TPSA) is 114 Å². The van der Waals surface area contributed by atoms with E-state index in [2.05, 4.69) is 15.5 Å². The normalized spacial score (nSPS) is 10.6. The number of aliphatic carboxylic acids is 1. The van der Waals surface area contributed by atoms with Crippen LogP contribution in [-0.4, -0.2) is 47.6 Å². The number of ether oxygens (including phenoxy) is 2. The molecule has 0 saturated carbocycles. The first-order chi connectivity index (χ1) is 15.6. The Morgan fingerprint density at radius 1 is 1.09 bits per heavy atom. The highest BCUT2D eigenvalue weighted by atomic mass is 19.4. The molecule has 0 unspecified atom stereocenters. The molecule has 0 radical (unpaired) electrons. The van der Waals surface area contributed by atoms with Gasteiger partial charge in [-0.15, -0.1) is 0 Å². The van der Waals surface area contributed by atoms with E-state index in [4.69, 9.17) is 19.4 Å². The number of carbonyl (C=O) groups excluding carboxylic acids is 1. The van der Waals surface area contributed by atoms with Gasteiger partial charge in [0.1, 0.15) is 11.5 Å². The third-order valence-corrected chi connectivity index (χ3v) is 4.34. The molecule has 3 aromatic rings. The summed E-state index contributed by atoms with van der Waals surface area (Å²) in [6, 6.07) is 13.3. The number of carbonyl (C=O) groups is 2. The van der Waals surface area contributed by atoms with E-state index < -0.39 is 12.1 Å². The van der Waals surface area contributed by atoms with Gasteiger partial charge in [-0.25, -0.2) is 4.79 Å². The smallest absolute Gasteiger partial charge is 0.490 e. The molecule has 8 nitrogen and oxygen atoms in total. The second-order valence-corrected chi connectivity index (χ2v) is 6.60. The maximum atomic E-state index is 12.2. The van der Waals surface area contributed by atoms with Gasteiger partial charge in [0.15, 0.2) is 0 Å². The van der Waals surface area contributed by atoms with Crippen molar-refractivity contribution in [3.8, 4) is 22.6 Å². The molecule has 0 saturated heterocycles. The fourth-order valence-electron chi connectivity index (χ4n) is 2.68. The first kappa shape index (κ1) is 25.2. The van der Waals surface area contributed by atoms with Gasteiger partial charge in [-0.2, -0.15) is 18.3 Å². The molecule has 176 valence electrons. The lowest BCUT2D eigenvalue weighted by molar-refractivity contribution is -0.192. The molecule has 0 spiro atoms. The zero-order chi connectivity index (χ0) is 24.4. The number of alkyl halides is 3. The number of halogens is 3. The van der Waals surface area contributed by atoms with Crippen molar-refractivity contribution in [1.82, 2.24) is 10.2 Å². The fourth-order valence-corrected chi connectivity index (χ4v) is 2.68. The Balaban J connectivity index is 0.000000479. The van der Waals surface area contributed by atoms with E-state index in [0.29, 0.717) is 24.3 Å². The first-order valence-electron chi connectivity index (χ1n) is 9.54. The molecular weight excluding hydrogens is 443 g/mol. The van der Waals surface area contributed by atoms with Crippen LogP contribution in [0.3, 0.4) is 0 Å². The SMILES string of the molecule is COc1ccc(CCC(=O)Nc2ccc(-c3cn[nH]c3)c(OC)c2)cc1.O=C(O)C(F)(F)F. The van der Waals surface area contributed by atoms with Crippen LogP contribution in [0.4, 0.5) is 18.9 Å². The van der Waals surface area contributed by atoms with Crippen LogP contribution in [0.1, 0.15) is 12.0 Å². The summed E-state index contributed by atoms with van der Waals surface area (Å²) in [5.74, 6) is -1.31. The predicted octanol–water partition coefficient (Wildman–Crippen LogP) is 4.30. The van der Waals surface area contributed by atoms with E-state index in [0.717, 1.165) is 22.4 Å². The minimum absolute atomic E-state index is 0.0427. The Bertz CT molecular complexity index is 1050. The van der Waals surface area contributed by atoms with Crippen LogP contribution in [0.15, 0.2) is 54.9 Å². The summed E-state index contributed by atoms with van der Waals surface area (Å²) < 4.78 is 42.3. The number of carboxylic acid groups (broad SMARTS) is 1. The van der Waals surface area contributed by atoms with Gasteiger partial charge in [-0.1, -0.05) is 12.1 Å². The maximum Gasteiger partial charge on any atom is 0.490 e. The van der Waals surface area contributed by atoms with Gasteiger partial charge in [0.05, 0.1) is 20.4 Å². The number of rotatable bonds is 7. The minimum atomic E-state index is -5.08. The zero-order valence-electron chi connectivity index (χ0n) is 17.8. The molecule has 0 aliphatic rings. The van der Waals surface area contributed by atoms with Crippen LogP contribution in [0.2, 0.25) is 0 Å². The number of aryl methyl sites for hydroxylation is 1. The number of anilines is 1. The highest BCUT2D eigenvalue weighted by Gasteiger charge is 2.38. The van der Waals surface area contributed by atoms with E-state index in [-0.39, 0.29) is 5.91 Å². The molecule has 0 bridgehead atoms. The number of nitrogens with one attached hydrogen (secondary N) is 2. The highest BCUT2D eigenvalue weighted by molar-refractivity contribution is 5.91. The monoisotopic (exact) mass is 465 g/mol. The van der Waals surface area contributed by atoms with E-state index in [1.807, 2.05) is 42.5 Å². The summed E-state index contributed by atoms with van der Waals surface area (Å²) in [6.07, 6.45) is -0.492. The van der Waals surface area contributed by atoms with Crippen molar-refractivity contribution in [3.63, 3.8) is 0 Å². The lowest BCUT2D eigenvalue weighted by Gasteiger charge is -2.11. The van der Waals surface area contributed by atoms with Crippen molar-refractivity contribution < 1.29 is 37.3 Å². The minimum Gasteiger partial charge on any atom is -0.497 e. The number of aromatic nitrogens is 2. The number of benzene rings is 2. The molecule has 33 heavy (non-hydrogen) atoms. The average Bonchev–Trinajstić information content (AvgIpc) is 3.32. The molecule has 1 amide bonds. The van der Waals surface area contributed by atoms with Gasteiger partial charge in [0, 0.05) is 35.5 Å². The number of H-pyrrole nitrogens is 1. The molecule has 3 N–H and O–H groups in total. The number of carboxylic acids is 1. The second-order valence-electron chi connectivity index (χ2n) is 6.60. The van der Waals surface area contributed by atoms with Crippen molar-refractivity contribution in [2.45, 2.75) is 19.0 Å². The number of hydrogen-bond donors (Lipinski definition) is 3. The average molecular weight is 465 g/mol. The van der Waals surface area contributed by atoms with Gasteiger partial charge >= 0.3 is 12.1 Å². The Morgan fingerprint density at radius 3 is 2.27 bits per heavy atom. The van der Waals surface area contributed by atoms with Crippen LogP contribution in [0.25, 0.3) is 11.1 Å². The van der Waals surface area contributed by atoms with Crippen molar-refractivity contribution >= 4 is 17.6 Å². The molecule has 0 aliphatic carbocycles. The molecule has 0 fully saturated rings. The first-order valence-corrected chi connectivity index (χ1v) is 9.54. The lowest BCUT2D eigenvalue weighted by Crippen LogP contribution is -2.21. The van der Waals surface area contributed by atoms with Crippen LogP contribution >= 0.6 is 0 Å². The standard InChI is InChI=1S/C20H21N3O3.C2HF3O2/c1-25-17-7-3-14(4-8-17)5-10-20(24)23-16-6-9-18(19(11-16)26-2)15-12-21-22-13-15;3-2(4,5)1(6)7/h3-4,6-9,11-13H,5,10H2,1-2H3,(H,21,22)(H,23,24);(H,6,7). The van der Waals surface area contributed by atoms with Gasteiger partial charge in [0.25, 0.3) is 0 Å². The van der Waals surface area contributed by atoms with Gasteiger partial charge < -0.3 is 19.9 Å². The molecule has 2 aromatic carbocycles. The summed E-state index contributed by atoms with van der Waals surface area (Å²) in [7, 11) is 3.24. The quantitative estimate of drug-likeness (QED) is 0.480. The molecule has 0 atom stereocenters. The third kappa shape index (κ3) is 7.87. The third-order valence-electron chi connectivity index (χ3n) is 4.34. The van der Waals surface area contributed by atoms with E-state index in [1.54, 1.807) is 26.6 Å². The summed E-state index contributed by atoms with van der Waals surface area (Å²) >= 11 is 0. The van der Waals surface area contributed by atoms with Gasteiger partial charge in [0.2, 0.25) is 5.91 Å². The van der Waals surface area contributed by atoms with Crippen LogP contribution in [0, 0.1) is 0 Å². The number of nitrogens with zero attached hydrogens (tertiary/aromatic N) is 1. The summed E-state index contributed by atoms with van der Waals surface area (Å²) in [5, 5.41) is 16.8. The molecule has 1 aromatic heterocycles. The van der Waals surface area contributed by atoms with Crippen molar-refractivity contribution in [1.29, 1.82) is 0 Å². The van der Waals surface area contributed by atoms with Gasteiger partial charge in [-0.3, -0.25) is 9.89 Å². The molecule has 0 aliphatic heterocycles. The highest BCUT2D eigenvalue weighted by Crippen LogP contribution is 2.31. The van der Waals surface area contributed by atoms with Crippen LogP contribution in [-0.2, 0) is 16.0 Å². The maximum absolute atomic E-state index is 12.2. The fraction of sp³-hybridized carbons (Fsp3) is 0.227. The van der Waals surface area contributed by atoms with Crippen LogP contribution in [0.5, 0.6) is 11.5 Å². The summed E-state index contributed by atoms with van der Waals surface area (Å²) in [5.41, 5.74) is 3.64. The Hall–Kier alpha value is -4.02. The van der Waals surface area contributed by atoms with Crippen molar-refractivity contribution in [3.05, 3.63) is 60.4 Å². The van der Waals surface area contributed by atoms with Crippen molar-refractivity contribution in [2.75, 3.05) is 19.5 Å². The molecule has 3 rings (SSSR count). The van der Waals surface area contributed by atoms with E-state index in [1.165, 1.54) is 0 Å².